The van der Waals surface area contributed by atoms with Crippen molar-refractivity contribution in [2.24, 2.45) is 0 Å². The van der Waals surface area contributed by atoms with Crippen LogP contribution in [0.3, 0.4) is 0 Å². The van der Waals surface area contributed by atoms with Gasteiger partial charge in [-0.3, -0.25) is 19.3 Å². The summed E-state index contributed by atoms with van der Waals surface area (Å²) in [5.41, 5.74) is 0.451. The lowest BCUT2D eigenvalue weighted by atomic mass is 10.0. The van der Waals surface area contributed by atoms with E-state index in [1.165, 1.54) is 6.92 Å². The number of hydrogen-bond donors (Lipinski definition) is 0. The second-order valence-corrected chi connectivity index (χ2v) is 9.38. The van der Waals surface area contributed by atoms with E-state index in [2.05, 4.69) is 4.90 Å². The first-order chi connectivity index (χ1) is 18.7. The Hall–Kier alpha value is -3.67. The minimum atomic E-state index is -0.899. The van der Waals surface area contributed by atoms with E-state index in [0.29, 0.717) is 56.8 Å². The van der Waals surface area contributed by atoms with E-state index in [1.807, 2.05) is 0 Å². The van der Waals surface area contributed by atoms with Crippen molar-refractivity contribution in [3.8, 4) is 5.75 Å². The number of ether oxygens (including phenoxy) is 4. The molecule has 1 aromatic rings. The number of carbonyl (C=O) groups is 5. The van der Waals surface area contributed by atoms with Crippen LogP contribution in [0, 0.1) is 0 Å². The van der Waals surface area contributed by atoms with Crippen LogP contribution in [0.4, 0.5) is 4.79 Å². The van der Waals surface area contributed by atoms with Crippen LogP contribution in [-0.2, 0) is 28.6 Å². The van der Waals surface area contributed by atoms with Crippen LogP contribution in [0.1, 0.15) is 50.4 Å². The van der Waals surface area contributed by atoms with Crippen LogP contribution >= 0.6 is 0 Å². The van der Waals surface area contributed by atoms with Crippen LogP contribution in [0.2, 0.25) is 0 Å². The van der Waals surface area contributed by atoms with E-state index in [1.54, 1.807) is 47.9 Å². The molecule has 0 saturated carbocycles. The van der Waals surface area contributed by atoms with E-state index < -0.39 is 24.3 Å². The van der Waals surface area contributed by atoms with Gasteiger partial charge in [0.2, 0.25) is 12.2 Å². The Morgan fingerprint density at radius 1 is 0.974 bits per heavy atom. The average molecular weight is 548 g/mol. The Kier molecular flexibility index (Phi) is 11.1. The van der Waals surface area contributed by atoms with Crippen molar-refractivity contribution in [3.05, 3.63) is 29.8 Å². The second-order valence-electron chi connectivity index (χ2n) is 9.38. The summed E-state index contributed by atoms with van der Waals surface area (Å²) in [4.78, 5) is 65.8. The number of rotatable bonds is 11. The van der Waals surface area contributed by atoms with Gasteiger partial charge in [0.05, 0.1) is 19.7 Å². The summed E-state index contributed by atoms with van der Waals surface area (Å²) in [6, 6.07) is 6.57. The fraction of sp³-hybridized carbons (Fsp3) is 0.593. The van der Waals surface area contributed by atoms with Crippen molar-refractivity contribution >= 4 is 29.7 Å². The first-order valence-corrected chi connectivity index (χ1v) is 13.3. The number of nitrogens with zero attached hydrogens (tertiary/aromatic N) is 3. The average Bonchev–Trinajstić information content (AvgIpc) is 2.92. The molecule has 12 heteroatoms. The van der Waals surface area contributed by atoms with Crippen LogP contribution in [0.5, 0.6) is 5.75 Å². The zero-order chi connectivity index (χ0) is 28.4. The Morgan fingerprint density at radius 2 is 1.67 bits per heavy atom. The molecule has 2 aliphatic rings. The summed E-state index contributed by atoms with van der Waals surface area (Å²) >= 11 is 0. The topological polar surface area (TPSA) is 132 Å². The molecule has 2 heterocycles. The third-order valence-electron chi connectivity index (χ3n) is 6.62. The molecular formula is C27H37N3O9. The molecule has 0 bridgehead atoms. The minimum absolute atomic E-state index is 0.0130. The van der Waals surface area contributed by atoms with E-state index in [9.17, 15) is 24.0 Å². The summed E-state index contributed by atoms with van der Waals surface area (Å²) in [6.07, 6.45) is 0.336. The molecule has 0 radical (unpaired) electrons. The van der Waals surface area contributed by atoms with E-state index in [-0.39, 0.29) is 44.0 Å². The van der Waals surface area contributed by atoms with E-state index in [0.717, 1.165) is 0 Å². The van der Waals surface area contributed by atoms with Crippen molar-refractivity contribution < 1.29 is 42.9 Å². The molecule has 1 atom stereocenters. The van der Waals surface area contributed by atoms with Crippen molar-refractivity contribution in [1.82, 2.24) is 14.7 Å². The van der Waals surface area contributed by atoms with Crippen molar-refractivity contribution in [3.63, 3.8) is 0 Å². The third kappa shape index (κ3) is 8.95. The maximum atomic E-state index is 12.8. The number of likely N-dealkylation sites (tertiary alicyclic amines) is 1. The molecule has 1 aromatic carbocycles. The second kappa shape index (κ2) is 14.5. The third-order valence-corrected chi connectivity index (χ3v) is 6.62. The predicted molar refractivity (Wildman–Crippen MR) is 138 cm³/mol. The first-order valence-electron chi connectivity index (χ1n) is 13.3. The highest BCUT2D eigenvalue weighted by Gasteiger charge is 2.33. The Morgan fingerprint density at radius 3 is 2.26 bits per heavy atom. The minimum Gasteiger partial charge on any atom is -0.482 e. The summed E-state index contributed by atoms with van der Waals surface area (Å²) in [6.45, 7) is 7.05. The highest BCUT2D eigenvalue weighted by atomic mass is 16.7. The normalized spacial score (nSPS) is 17.4. The lowest BCUT2D eigenvalue weighted by Gasteiger charge is -2.42. The van der Waals surface area contributed by atoms with Crippen LogP contribution in [-0.4, -0.2) is 109 Å². The Bertz CT molecular complexity index is 1020. The number of benzene rings is 1. The molecule has 3 rings (SSSR count). The summed E-state index contributed by atoms with van der Waals surface area (Å²) in [7, 11) is 0. The molecule has 2 fully saturated rings. The monoisotopic (exact) mass is 547 g/mol. The summed E-state index contributed by atoms with van der Waals surface area (Å²) in [5.74, 6) is -0.824. The predicted octanol–water partition coefficient (Wildman–Crippen LogP) is 1.86. The number of carbonyl (C=O) groups excluding carboxylic acids is 5. The van der Waals surface area contributed by atoms with Crippen molar-refractivity contribution in [2.45, 2.75) is 52.4 Å². The Balaban J connectivity index is 1.41. The van der Waals surface area contributed by atoms with Gasteiger partial charge in [-0.05, 0) is 44.0 Å². The first kappa shape index (κ1) is 29.9. The SMILES string of the molecule is CCOC(=O)COc1ccc(C(=O)CN2CCN(C3CCN(C(=O)OC(CC)OC(C)=O)CC3)CC2=O)cc1. The van der Waals surface area contributed by atoms with E-state index in [4.69, 9.17) is 18.9 Å². The quantitative estimate of drug-likeness (QED) is 0.230. The Labute approximate surface area is 228 Å². The van der Waals surface area contributed by atoms with Crippen molar-refractivity contribution in [1.29, 1.82) is 0 Å². The van der Waals surface area contributed by atoms with E-state index >= 15 is 0 Å². The molecule has 0 spiro atoms. The molecule has 0 N–H and O–H groups in total. The molecule has 39 heavy (non-hydrogen) atoms. The zero-order valence-corrected chi connectivity index (χ0v) is 22.8. The molecule has 2 aliphatic heterocycles. The standard InChI is InChI=1S/C27H37N3O9/c1-4-26(38-19(3)31)39-27(35)28-12-10-21(11-13-28)29-14-15-30(24(33)17-29)16-23(32)20-6-8-22(9-7-20)37-18-25(34)36-5-2/h6-9,21,26H,4-5,10-18H2,1-3H3. The molecule has 2 amide bonds. The van der Waals surface area contributed by atoms with Gasteiger partial charge >= 0.3 is 18.0 Å². The van der Waals surface area contributed by atoms with Gasteiger partial charge in [-0.15, -0.1) is 0 Å². The summed E-state index contributed by atoms with van der Waals surface area (Å²) < 4.78 is 20.4. The number of esters is 2. The highest BCUT2D eigenvalue weighted by Crippen LogP contribution is 2.21. The number of piperidine rings is 1. The van der Waals surface area contributed by atoms with Gasteiger partial charge in [0.1, 0.15) is 5.75 Å². The summed E-state index contributed by atoms with van der Waals surface area (Å²) in [5, 5.41) is 0. The maximum absolute atomic E-state index is 12.8. The number of Topliss-reactive ketones (excluding diaryl/α,β-unsaturated/α-hetero) is 1. The van der Waals surface area contributed by atoms with Gasteiger partial charge < -0.3 is 28.7 Å². The fourth-order valence-electron chi connectivity index (χ4n) is 4.53. The van der Waals surface area contributed by atoms with Gasteiger partial charge in [0, 0.05) is 51.1 Å². The zero-order valence-electron chi connectivity index (χ0n) is 22.8. The largest absolute Gasteiger partial charge is 0.482 e. The maximum Gasteiger partial charge on any atom is 0.412 e. The van der Waals surface area contributed by atoms with Gasteiger partial charge in [0.15, 0.2) is 12.4 Å². The number of hydrogen-bond acceptors (Lipinski definition) is 10. The molecule has 1 unspecified atom stereocenters. The van der Waals surface area contributed by atoms with Crippen LogP contribution in [0.25, 0.3) is 0 Å². The molecular weight excluding hydrogens is 510 g/mol. The molecule has 0 aliphatic carbocycles. The molecule has 12 nitrogen and oxygen atoms in total. The van der Waals surface area contributed by atoms with Gasteiger partial charge in [0.25, 0.3) is 0 Å². The van der Waals surface area contributed by atoms with Gasteiger partial charge in [-0.1, -0.05) is 6.92 Å². The lowest BCUT2D eigenvalue weighted by molar-refractivity contribution is -0.167. The van der Waals surface area contributed by atoms with Gasteiger partial charge in [-0.25, -0.2) is 9.59 Å². The fourth-order valence-corrected chi connectivity index (χ4v) is 4.53. The van der Waals surface area contributed by atoms with Crippen LogP contribution in [0.15, 0.2) is 24.3 Å². The number of ketones is 1. The van der Waals surface area contributed by atoms with Gasteiger partial charge in [-0.2, -0.15) is 0 Å². The smallest absolute Gasteiger partial charge is 0.412 e. The van der Waals surface area contributed by atoms with Crippen molar-refractivity contribution in [2.75, 3.05) is 52.5 Å². The molecule has 214 valence electrons. The number of piperazine rings is 1. The highest BCUT2D eigenvalue weighted by molar-refractivity contribution is 5.99. The molecule has 2 saturated heterocycles. The van der Waals surface area contributed by atoms with Crippen LogP contribution < -0.4 is 4.74 Å². The lowest BCUT2D eigenvalue weighted by Crippen LogP contribution is -2.56. The number of amides is 2. The molecule has 0 aromatic heterocycles.